The Hall–Kier alpha value is -2.63. The third-order valence-corrected chi connectivity index (χ3v) is 14.8. The van der Waals surface area contributed by atoms with Crippen LogP contribution < -0.4 is 0 Å². The van der Waals surface area contributed by atoms with E-state index >= 15 is 0 Å². The van der Waals surface area contributed by atoms with Gasteiger partial charge in [0, 0.05) is 19.3 Å². The van der Waals surface area contributed by atoms with Crippen molar-refractivity contribution in [1.82, 2.24) is 0 Å². The van der Waals surface area contributed by atoms with Gasteiger partial charge in [-0.25, -0.2) is 0 Å². The summed E-state index contributed by atoms with van der Waals surface area (Å²) in [5, 5.41) is 0. The van der Waals surface area contributed by atoms with Crippen molar-refractivity contribution in [2.75, 3.05) is 13.2 Å². The summed E-state index contributed by atoms with van der Waals surface area (Å²) in [6, 6.07) is 0. The SMILES string of the molecule is CCCC/C=C\C/C=C\CCCCCCCC(=O)OCC(COC(=O)CCCCCCCCCCCCCCC/C=C\CCCCCCCCCC)OC(=O)CCCCCCCCC/C=C\CCCCCCCCC. The van der Waals surface area contributed by atoms with Gasteiger partial charge in [0.15, 0.2) is 6.10 Å². The van der Waals surface area contributed by atoms with Gasteiger partial charge in [-0.1, -0.05) is 288 Å². The lowest BCUT2D eigenvalue weighted by Crippen LogP contribution is -2.30. The van der Waals surface area contributed by atoms with Crippen LogP contribution in [0.15, 0.2) is 48.6 Å². The molecule has 438 valence electrons. The molecule has 0 aromatic carbocycles. The van der Waals surface area contributed by atoms with Crippen LogP contribution in [0.3, 0.4) is 0 Å². The Morgan fingerprint density at radius 3 is 0.787 bits per heavy atom. The molecule has 0 fully saturated rings. The molecule has 0 heterocycles. The van der Waals surface area contributed by atoms with Gasteiger partial charge in [0.25, 0.3) is 0 Å². The molecule has 0 aliphatic rings. The molecule has 1 unspecified atom stereocenters. The fourth-order valence-corrected chi connectivity index (χ4v) is 9.75. The number of esters is 3. The van der Waals surface area contributed by atoms with Crippen molar-refractivity contribution >= 4 is 17.9 Å². The van der Waals surface area contributed by atoms with E-state index in [4.69, 9.17) is 14.2 Å². The number of carbonyl (C=O) groups is 3. The molecule has 0 amide bonds. The van der Waals surface area contributed by atoms with Gasteiger partial charge in [-0.3, -0.25) is 14.4 Å². The number of ether oxygens (including phenoxy) is 3. The Bertz CT molecular complexity index is 1300. The number of unbranched alkanes of at least 4 members (excludes halogenated alkanes) is 42. The Labute approximate surface area is 467 Å². The molecule has 0 bridgehead atoms. The van der Waals surface area contributed by atoms with E-state index < -0.39 is 6.10 Å². The second-order valence-corrected chi connectivity index (χ2v) is 22.4. The standard InChI is InChI=1S/C69H126O6/c1-4-7-10-13-16-19-22-25-28-30-32-33-34-35-36-37-38-40-41-44-47-50-53-56-59-62-68(71)74-65-66(64-73-67(70)61-58-55-52-49-46-43-27-24-21-18-15-12-9-6-3)75-69(72)63-60-57-54-51-48-45-42-39-31-29-26-23-20-17-14-11-8-5-2/h15,18,24,27,29-32,66H,4-14,16-17,19-23,25-26,28,33-65H2,1-3H3/b18-15-,27-24-,31-29-,32-30-. The van der Waals surface area contributed by atoms with Crippen molar-refractivity contribution in [3.05, 3.63) is 48.6 Å². The zero-order chi connectivity index (χ0) is 54.3. The molecule has 0 aromatic rings. The molecule has 0 aliphatic heterocycles. The summed E-state index contributed by atoms with van der Waals surface area (Å²) in [6.07, 6.45) is 79.8. The number of rotatable bonds is 61. The van der Waals surface area contributed by atoms with Gasteiger partial charge in [0.2, 0.25) is 0 Å². The lowest BCUT2D eigenvalue weighted by Gasteiger charge is -2.18. The maximum atomic E-state index is 12.9. The normalized spacial score (nSPS) is 12.3. The summed E-state index contributed by atoms with van der Waals surface area (Å²) in [5.41, 5.74) is 0. The average molecular weight is 1050 g/mol. The monoisotopic (exact) mass is 1050 g/mol. The van der Waals surface area contributed by atoms with Crippen LogP contribution in [-0.2, 0) is 28.6 Å². The zero-order valence-electron chi connectivity index (χ0n) is 50.3. The first-order valence-corrected chi connectivity index (χ1v) is 33.1. The van der Waals surface area contributed by atoms with Crippen molar-refractivity contribution in [3.8, 4) is 0 Å². The molecule has 6 heteroatoms. The van der Waals surface area contributed by atoms with Crippen LogP contribution in [0.25, 0.3) is 0 Å². The number of hydrogen-bond acceptors (Lipinski definition) is 6. The first-order chi connectivity index (χ1) is 37.0. The van der Waals surface area contributed by atoms with Gasteiger partial charge in [-0.05, 0) is 96.3 Å². The molecule has 0 spiro atoms. The number of allylic oxidation sites excluding steroid dienone is 8. The van der Waals surface area contributed by atoms with E-state index in [1.807, 2.05) is 0 Å². The van der Waals surface area contributed by atoms with Crippen LogP contribution in [0, 0.1) is 0 Å². The highest BCUT2D eigenvalue weighted by molar-refractivity contribution is 5.71. The summed E-state index contributed by atoms with van der Waals surface area (Å²) in [4.78, 5) is 38.3. The minimum atomic E-state index is -0.781. The van der Waals surface area contributed by atoms with E-state index in [0.717, 1.165) is 77.0 Å². The molecule has 75 heavy (non-hydrogen) atoms. The second kappa shape index (κ2) is 63.9. The van der Waals surface area contributed by atoms with Crippen molar-refractivity contribution in [3.63, 3.8) is 0 Å². The van der Waals surface area contributed by atoms with E-state index in [9.17, 15) is 14.4 Å². The van der Waals surface area contributed by atoms with Crippen molar-refractivity contribution in [1.29, 1.82) is 0 Å². The van der Waals surface area contributed by atoms with Gasteiger partial charge in [0.05, 0.1) is 0 Å². The van der Waals surface area contributed by atoms with E-state index in [2.05, 4.69) is 69.4 Å². The second-order valence-electron chi connectivity index (χ2n) is 22.4. The van der Waals surface area contributed by atoms with Gasteiger partial charge in [0.1, 0.15) is 13.2 Å². The predicted octanol–water partition coefficient (Wildman–Crippen LogP) is 22.6. The maximum Gasteiger partial charge on any atom is 0.306 e. The third kappa shape index (κ3) is 62.1. The molecule has 6 nitrogen and oxygen atoms in total. The molecule has 0 radical (unpaired) electrons. The Morgan fingerprint density at radius 2 is 0.493 bits per heavy atom. The molecule has 0 saturated carbocycles. The summed E-state index contributed by atoms with van der Waals surface area (Å²) in [6.45, 7) is 6.63. The summed E-state index contributed by atoms with van der Waals surface area (Å²) in [7, 11) is 0. The van der Waals surface area contributed by atoms with E-state index in [-0.39, 0.29) is 31.1 Å². The summed E-state index contributed by atoms with van der Waals surface area (Å²) in [5.74, 6) is -0.876. The quantitative estimate of drug-likeness (QED) is 0.0261. The summed E-state index contributed by atoms with van der Waals surface area (Å²) < 4.78 is 16.9. The fourth-order valence-electron chi connectivity index (χ4n) is 9.75. The Morgan fingerprint density at radius 1 is 0.267 bits per heavy atom. The van der Waals surface area contributed by atoms with Crippen LogP contribution in [0.5, 0.6) is 0 Å². The molecule has 0 rings (SSSR count). The third-order valence-electron chi connectivity index (χ3n) is 14.8. The molecule has 0 N–H and O–H groups in total. The first-order valence-electron chi connectivity index (χ1n) is 33.1. The van der Waals surface area contributed by atoms with Crippen LogP contribution in [0.2, 0.25) is 0 Å². The van der Waals surface area contributed by atoms with Gasteiger partial charge >= 0.3 is 17.9 Å². The lowest BCUT2D eigenvalue weighted by molar-refractivity contribution is -0.167. The van der Waals surface area contributed by atoms with E-state index in [1.54, 1.807) is 0 Å². The molecular formula is C69H126O6. The highest BCUT2D eigenvalue weighted by Crippen LogP contribution is 2.17. The molecular weight excluding hydrogens is 925 g/mol. The predicted molar refractivity (Wildman–Crippen MR) is 325 cm³/mol. The number of hydrogen-bond donors (Lipinski definition) is 0. The summed E-state index contributed by atoms with van der Waals surface area (Å²) >= 11 is 0. The van der Waals surface area contributed by atoms with Crippen molar-refractivity contribution < 1.29 is 28.6 Å². The lowest BCUT2D eigenvalue weighted by atomic mass is 10.0. The number of carbonyl (C=O) groups excluding carboxylic acids is 3. The Kier molecular flexibility index (Phi) is 61.7. The van der Waals surface area contributed by atoms with Crippen LogP contribution in [0.1, 0.15) is 355 Å². The smallest absolute Gasteiger partial charge is 0.306 e. The first kappa shape index (κ1) is 72.4. The largest absolute Gasteiger partial charge is 0.462 e. The molecule has 0 saturated heterocycles. The van der Waals surface area contributed by atoms with Gasteiger partial charge in [-0.15, -0.1) is 0 Å². The fraction of sp³-hybridized carbons (Fsp3) is 0.841. The van der Waals surface area contributed by atoms with E-state index in [0.29, 0.717) is 19.3 Å². The van der Waals surface area contributed by atoms with Crippen LogP contribution in [-0.4, -0.2) is 37.2 Å². The minimum absolute atomic E-state index is 0.0768. The topological polar surface area (TPSA) is 78.9 Å². The molecule has 0 aromatic heterocycles. The average Bonchev–Trinajstić information content (AvgIpc) is 3.41. The highest BCUT2D eigenvalue weighted by atomic mass is 16.6. The Balaban J connectivity index is 4.28. The van der Waals surface area contributed by atoms with Crippen LogP contribution in [0.4, 0.5) is 0 Å². The van der Waals surface area contributed by atoms with Gasteiger partial charge in [-0.2, -0.15) is 0 Å². The van der Waals surface area contributed by atoms with Crippen LogP contribution >= 0.6 is 0 Å². The van der Waals surface area contributed by atoms with Crippen molar-refractivity contribution in [2.45, 2.75) is 361 Å². The van der Waals surface area contributed by atoms with E-state index in [1.165, 1.54) is 238 Å². The van der Waals surface area contributed by atoms with Gasteiger partial charge < -0.3 is 14.2 Å². The molecule has 0 aliphatic carbocycles. The zero-order valence-corrected chi connectivity index (χ0v) is 50.3. The minimum Gasteiger partial charge on any atom is -0.462 e. The molecule has 1 atom stereocenters. The van der Waals surface area contributed by atoms with Crippen molar-refractivity contribution in [2.24, 2.45) is 0 Å². The maximum absolute atomic E-state index is 12.9. The highest BCUT2D eigenvalue weighted by Gasteiger charge is 2.19.